The third kappa shape index (κ3) is 3.92. The van der Waals surface area contributed by atoms with Gasteiger partial charge in [-0.05, 0) is 38.0 Å². The summed E-state index contributed by atoms with van der Waals surface area (Å²) in [4.78, 5) is 13.5. The van der Waals surface area contributed by atoms with E-state index in [1.165, 1.54) is 6.07 Å². The van der Waals surface area contributed by atoms with Gasteiger partial charge in [-0.1, -0.05) is 5.21 Å². The van der Waals surface area contributed by atoms with Gasteiger partial charge < -0.3 is 4.74 Å². The summed E-state index contributed by atoms with van der Waals surface area (Å²) in [6.45, 7) is 3.79. The van der Waals surface area contributed by atoms with E-state index >= 15 is 0 Å². The molecule has 0 saturated carbocycles. The van der Waals surface area contributed by atoms with Gasteiger partial charge in [0.2, 0.25) is 0 Å². The average molecular weight is 356 g/mol. The summed E-state index contributed by atoms with van der Waals surface area (Å²) in [6.07, 6.45) is -2.89. The molecule has 136 valence electrons. The third-order valence-electron chi connectivity index (χ3n) is 4.36. The van der Waals surface area contributed by atoms with Gasteiger partial charge >= 0.3 is 12.1 Å². The maximum absolute atomic E-state index is 12.8. The van der Waals surface area contributed by atoms with E-state index in [-0.39, 0.29) is 24.1 Å². The lowest BCUT2D eigenvalue weighted by molar-refractivity contribution is -0.144. The standard InChI is InChI=1S/C16H19F3N4O2/c1-2-25-15(24)10-22-7-5-12(6-8-22)23-14-4-3-11(16(17,18)19)9-13(14)20-21-23/h3-4,9,12H,2,5-8,10H2,1H3. The number of alkyl halides is 3. The van der Waals surface area contributed by atoms with Gasteiger partial charge in [-0.2, -0.15) is 13.2 Å². The fourth-order valence-corrected chi connectivity index (χ4v) is 3.10. The van der Waals surface area contributed by atoms with Gasteiger partial charge in [-0.25, -0.2) is 4.68 Å². The van der Waals surface area contributed by atoms with E-state index < -0.39 is 11.7 Å². The van der Waals surface area contributed by atoms with Crippen molar-refractivity contribution in [3.05, 3.63) is 23.8 Å². The van der Waals surface area contributed by atoms with E-state index in [4.69, 9.17) is 4.74 Å². The normalized spacial score (nSPS) is 17.1. The molecular weight excluding hydrogens is 337 g/mol. The Morgan fingerprint density at radius 3 is 2.68 bits per heavy atom. The average Bonchev–Trinajstić information content (AvgIpc) is 2.98. The van der Waals surface area contributed by atoms with Crippen LogP contribution in [0.5, 0.6) is 0 Å². The molecule has 0 unspecified atom stereocenters. The molecule has 0 atom stereocenters. The lowest BCUT2D eigenvalue weighted by atomic mass is 10.0. The van der Waals surface area contributed by atoms with Crippen LogP contribution in [-0.4, -0.2) is 52.1 Å². The molecule has 3 rings (SSSR count). The molecule has 2 aromatic rings. The number of esters is 1. The van der Waals surface area contributed by atoms with E-state index in [2.05, 4.69) is 10.3 Å². The highest BCUT2D eigenvalue weighted by molar-refractivity contribution is 5.75. The summed E-state index contributed by atoms with van der Waals surface area (Å²) in [5.41, 5.74) is 0.108. The van der Waals surface area contributed by atoms with Crippen LogP contribution < -0.4 is 0 Å². The Balaban J connectivity index is 1.68. The number of hydrogen-bond acceptors (Lipinski definition) is 5. The lowest BCUT2D eigenvalue weighted by Gasteiger charge is -2.31. The number of likely N-dealkylation sites (tertiary alicyclic amines) is 1. The monoisotopic (exact) mass is 356 g/mol. The van der Waals surface area contributed by atoms with Crippen LogP contribution in [0, 0.1) is 0 Å². The van der Waals surface area contributed by atoms with Crippen molar-refractivity contribution in [2.45, 2.75) is 32.0 Å². The second kappa shape index (κ2) is 6.99. The van der Waals surface area contributed by atoms with Gasteiger partial charge in [0, 0.05) is 13.1 Å². The van der Waals surface area contributed by atoms with Crippen molar-refractivity contribution in [2.75, 3.05) is 26.2 Å². The van der Waals surface area contributed by atoms with Crippen molar-refractivity contribution in [3.8, 4) is 0 Å². The smallest absolute Gasteiger partial charge is 0.416 e. The Kier molecular flexibility index (Phi) is 4.94. The fourth-order valence-electron chi connectivity index (χ4n) is 3.10. The summed E-state index contributed by atoms with van der Waals surface area (Å²) >= 11 is 0. The molecule has 0 radical (unpaired) electrons. The minimum absolute atomic E-state index is 0.0557. The highest BCUT2D eigenvalue weighted by atomic mass is 19.4. The minimum Gasteiger partial charge on any atom is -0.465 e. The minimum atomic E-state index is -4.39. The first-order chi connectivity index (χ1) is 11.9. The van der Waals surface area contributed by atoms with Crippen molar-refractivity contribution >= 4 is 17.0 Å². The lowest BCUT2D eigenvalue weighted by Crippen LogP contribution is -2.38. The Bertz CT molecular complexity index is 751. The van der Waals surface area contributed by atoms with Gasteiger partial charge in [-0.15, -0.1) is 5.10 Å². The molecule has 1 fully saturated rings. The molecule has 6 nitrogen and oxygen atoms in total. The number of halogens is 3. The molecule has 1 aromatic carbocycles. The number of aromatic nitrogens is 3. The van der Waals surface area contributed by atoms with Crippen LogP contribution in [-0.2, 0) is 15.7 Å². The highest BCUT2D eigenvalue weighted by Crippen LogP contribution is 2.32. The largest absolute Gasteiger partial charge is 0.465 e. The zero-order chi connectivity index (χ0) is 18.0. The summed E-state index contributed by atoms with van der Waals surface area (Å²) in [6, 6.07) is 3.55. The number of nitrogens with zero attached hydrogens (tertiary/aromatic N) is 4. The predicted molar refractivity (Wildman–Crippen MR) is 83.9 cm³/mol. The molecule has 0 amide bonds. The van der Waals surface area contributed by atoms with Crippen LogP contribution in [0.4, 0.5) is 13.2 Å². The molecule has 0 N–H and O–H groups in total. The molecule has 1 aromatic heterocycles. The summed E-state index contributed by atoms with van der Waals surface area (Å²) in [5.74, 6) is -0.244. The predicted octanol–water partition coefficient (Wildman–Crippen LogP) is 2.65. The zero-order valence-electron chi connectivity index (χ0n) is 13.8. The number of fused-ring (bicyclic) bond motifs is 1. The van der Waals surface area contributed by atoms with Gasteiger partial charge in [0.25, 0.3) is 0 Å². The Hall–Kier alpha value is -2.16. The van der Waals surface area contributed by atoms with Crippen LogP contribution >= 0.6 is 0 Å². The molecule has 2 heterocycles. The highest BCUT2D eigenvalue weighted by Gasteiger charge is 2.31. The van der Waals surface area contributed by atoms with Gasteiger partial charge in [0.15, 0.2) is 0 Å². The second-order valence-corrected chi connectivity index (χ2v) is 6.05. The quantitative estimate of drug-likeness (QED) is 0.789. The van der Waals surface area contributed by atoms with Crippen molar-refractivity contribution in [1.82, 2.24) is 19.9 Å². The molecular formula is C16H19F3N4O2. The maximum Gasteiger partial charge on any atom is 0.416 e. The molecule has 25 heavy (non-hydrogen) atoms. The molecule has 0 spiro atoms. The number of hydrogen-bond donors (Lipinski definition) is 0. The van der Waals surface area contributed by atoms with Crippen LogP contribution in [0.3, 0.4) is 0 Å². The molecule has 1 aliphatic heterocycles. The van der Waals surface area contributed by atoms with Crippen LogP contribution in [0.15, 0.2) is 18.2 Å². The van der Waals surface area contributed by atoms with Crippen molar-refractivity contribution < 1.29 is 22.7 Å². The number of ether oxygens (including phenoxy) is 1. The zero-order valence-corrected chi connectivity index (χ0v) is 13.8. The second-order valence-electron chi connectivity index (χ2n) is 6.05. The van der Waals surface area contributed by atoms with E-state index in [1.807, 2.05) is 4.90 Å². The topological polar surface area (TPSA) is 60.2 Å². The number of benzene rings is 1. The Labute approximate surface area is 142 Å². The molecule has 1 saturated heterocycles. The van der Waals surface area contributed by atoms with E-state index in [0.29, 0.717) is 25.2 Å². The molecule has 0 bridgehead atoms. The number of carbonyl (C=O) groups excluding carboxylic acids is 1. The van der Waals surface area contributed by atoms with E-state index in [1.54, 1.807) is 11.6 Å². The Morgan fingerprint density at radius 1 is 1.32 bits per heavy atom. The fraction of sp³-hybridized carbons (Fsp3) is 0.562. The first kappa shape index (κ1) is 17.7. The van der Waals surface area contributed by atoms with Gasteiger partial charge in [0.05, 0.1) is 30.3 Å². The van der Waals surface area contributed by atoms with Crippen molar-refractivity contribution in [3.63, 3.8) is 0 Å². The van der Waals surface area contributed by atoms with Gasteiger partial charge in [0.1, 0.15) is 5.52 Å². The first-order valence-electron chi connectivity index (χ1n) is 8.18. The first-order valence-corrected chi connectivity index (χ1v) is 8.18. The van der Waals surface area contributed by atoms with Crippen LogP contribution in [0.25, 0.3) is 11.0 Å². The third-order valence-corrected chi connectivity index (χ3v) is 4.36. The van der Waals surface area contributed by atoms with Crippen LogP contribution in [0.1, 0.15) is 31.4 Å². The number of carbonyl (C=O) groups is 1. The van der Waals surface area contributed by atoms with Crippen LogP contribution in [0.2, 0.25) is 0 Å². The summed E-state index contributed by atoms with van der Waals surface area (Å²) in [5, 5.41) is 7.93. The Morgan fingerprint density at radius 2 is 2.04 bits per heavy atom. The van der Waals surface area contributed by atoms with E-state index in [0.717, 1.165) is 25.0 Å². The van der Waals surface area contributed by atoms with Gasteiger partial charge in [-0.3, -0.25) is 9.69 Å². The molecule has 1 aliphatic rings. The maximum atomic E-state index is 12.8. The summed E-state index contributed by atoms with van der Waals surface area (Å²) in [7, 11) is 0. The van der Waals surface area contributed by atoms with E-state index in [9.17, 15) is 18.0 Å². The number of piperidine rings is 1. The SMILES string of the molecule is CCOC(=O)CN1CCC(n2nnc3cc(C(F)(F)F)ccc32)CC1. The number of rotatable bonds is 4. The summed E-state index contributed by atoms with van der Waals surface area (Å²) < 4.78 is 45.0. The van der Waals surface area contributed by atoms with Crippen molar-refractivity contribution in [2.24, 2.45) is 0 Å². The van der Waals surface area contributed by atoms with Crippen molar-refractivity contribution in [1.29, 1.82) is 0 Å². The molecule has 0 aliphatic carbocycles. The molecule has 9 heteroatoms.